The number of nitrogens with two attached hydrogens (primary N) is 1. The molecule has 1 amide bonds. The Morgan fingerprint density at radius 3 is 2.55 bits per heavy atom. The van der Waals surface area contributed by atoms with Gasteiger partial charge in [0.05, 0.1) is 5.69 Å². The quantitative estimate of drug-likeness (QED) is 0.509. The number of rotatable bonds is 4. The maximum Gasteiger partial charge on any atom is 0.328 e. The third-order valence-electron chi connectivity index (χ3n) is 4.79. The predicted molar refractivity (Wildman–Crippen MR) is 113 cm³/mol. The topological polar surface area (TPSA) is 95.7 Å². The molecule has 2 aromatic carbocycles. The Balaban J connectivity index is 2.11. The molecule has 0 fully saturated rings. The Morgan fingerprint density at radius 2 is 1.97 bits per heavy atom. The molecule has 0 saturated heterocycles. The van der Waals surface area contributed by atoms with Gasteiger partial charge in [0.1, 0.15) is 6.04 Å². The van der Waals surface area contributed by atoms with Crippen molar-refractivity contribution in [3.8, 4) is 12.0 Å². The van der Waals surface area contributed by atoms with Crippen molar-refractivity contribution >= 4 is 40.8 Å². The lowest BCUT2D eigenvalue weighted by molar-refractivity contribution is -0.139. The lowest BCUT2D eigenvalue weighted by Gasteiger charge is -2.40. The highest BCUT2D eigenvalue weighted by Crippen LogP contribution is 2.46. The molecule has 2 aromatic rings. The van der Waals surface area contributed by atoms with Crippen LogP contribution in [0.2, 0.25) is 10.0 Å². The molecule has 4 N–H and O–H groups in total. The Bertz CT molecular complexity index is 1010. The van der Waals surface area contributed by atoms with Crippen LogP contribution in [-0.4, -0.2) is 23.0 Å². The van der Waals surface area contributed by atoms with Gasteiger partial charge in [-0.25, -0.2) is 4.79 Å². The molecule has 1 aliphatic rings. The van der Waals surface area contributed by atoms with E-state index in [9.17, 15) is 14.7 Å². The Hall–Kier alpha value is -2.88. The molecule has 0 saturated carbocycles. The number of anilines is 1. The number of hydrogen-bond acceptors (Lipinski definition) is 4. The summed E-state index contributed by atoms with van der Waals surface area (Å²) >= 11 is 12.7. The van der Waals surface area contributed by atoms with Crippen LogP contribution in [0.1, 0.15) is 36.0 Å². The second kappa shape index (κ2) is 8.64. The molecule has 1 aliphatic heterocycles. The van der Waals surface area contributed by atoms with Gasteiger partial charge in [0.25, 0.3) is 0 Å². The molecule has 3 rings (SSSR count). The number of benzene rings is 2. The van der Waals surface area contributed by atoms with Gasteiger partial charge in [0.2, 0.25) is 5.91 Å². The van der Waals surface area contributed by atoms with Crippen LogP contribution in [0, 0.1) is 12.0 Å². The number of halogens is 2. The number of hydrazine groups is 1. The first-order valence-corrected chi connectivity index (χ1v) is 9.63. The summed E-state index contributed by atoms with van der Waals surface area (Å²) in [6.07, 6.45) is 0.758. The zero-order chi connectivity index (χ0) is 21.1. The smallest absolute Gasteiger partial charge is 0.328 e. The van der Waals surface area contributed by atoms with Gasteiger partial charge >= 0.3 is 5.97 Å². The van der Waals surface area contributed by atoms with E-state index in [2.05, 4.69) is 17.4 Å². The van der Waals surface area contributed by atoms with E-state index in [4.69, 9.17) is 28.9 Å². The van der Waals surface area contributed by atoms with E-state index in [0.717, 1.165) is 16.7 Å². The molecular formula is C21H19Cl2N3O3. The van der Waals surface area contributed by atoms with Crippen LogP contribution in [0.4, 0.5) is 5.69 Å². The maximum atomic E-state index is 12.0. The molecule has 29 heavy (non-hydrogen) atoms. The minimum Gasteiger partial charge on any atom is -0.480 e. The van der Waals surface area contributed by atoms with Crippen molar-refractivity contribution in [3.63, 3.8) is 0 Å². The van der Waals surface area contributed by atoms with Crippen LogP contribution in [0.15, 0.2) is 36.4 Å². The second-order valence-electron chi connectivity index (χ2n) is 6.74. The number of fused-ring (bicyclic) bond motifs is 1. The largest absolute Gasteiger partial charge is 0.480 e. The summed E-state index contributed by atoms with van der Waals surface area (Å²) in [5, 5.41) is 11.9. The number of nitrogens with one attached hydrogen (secondary N) is 1. The number of hydrogen-bond donors (Lipinski definition) is 3. The number of nitrogens with zero attached hydrogens (tertiary/aromatic N) is 1. The second-order valence-corrected chi connectivity index (χ2v) is 7.58. The van der Waals surface area contributed by atoms with Gasteiger partial charge in [0, 0.05) is 40.9 Å². The molecule has 0 aliphatic carbocycles. The summed E-state index contributed by atoms with van der Waals surface area (Å²) in [5.41, 5.74) is 10.9. The molecule has 0 spiro atoms. The third kappa shape index (κ3) is 4.42. The monoisotopic (exact) mass is 431 g/mol. The molecule has 8 heteroatoms. The summed E-state index contributed by atoms with van der Waals surface area (Å²) in [7, 11) is 0. The molecule has 6 nitrogen and oxygen atoms in total. The zero-order valence-electron chi connectivity index (χ0n) is 15.6. The maximum absolute atomic E-state index is 12.0. The van der Waals surface area contributed by atoms with Gasteiger partial charge in [0.15, 0.2) is 0 Å². The highest BCUT2D eigenvalue weighted by atomic mass is 35.5. The van der Waals surface area contributed by atoms with Crippen molar-refractivity contribution in [1.29, 1.82) is 0 Å². The molecule has 0 unspecified atom stereocenters. The van der Waals surface area contributed by atoms with Crippen LogP contribution in [-0.2, 0) is 16.0 Å². The first-order valence-electron chi connectivity index (χ1n) is 8.87. The van der Waals surface area contributed by atoms with Crippen molar-refractivity contribution < 1.29 is 14.7 Å². The number of carbonyl (C=O) groups excluding carboxylic acids is 1. The summed E-state index contributed by atoms with van der Waals surface area (Å²) in [6, 6.07) is 12.4. The fraction of sp³-hybridized carbons (Fsp3) is 0.238. The van der Waals surface area contributed by atoms with Gasteiger partial charge in [-0.3, -0.25) is 15.2 Å². The summed E-state index contributed by atoms with van der Waals surface area (Å²) in [5.74, 6) is 1.08. The van der Waals surface area contributed by atoms with Crippen LogP contribution in [0.3, 0.4) is 0 Å². The van der Waals surface area contributed by atoms with Crippen molar-refractivity contribution in [2.45, 2.75) is 31.7 Å². The lowest BCUT2D eigenvalue weighted by atomic mass is 9.81. The number of carboxylic acids is 1. The standard InChI is InChI=1S/C21H19Cl2N3O3/c1-12(27)25-26-18-10-15(22)9-17(23)20(18)16(11-19(26)21(28)29)14-6-4-13(5-7-14)3-2-8-24/h4-7,9-10,16,19H,3,11,24H2,1H3,(H,25,27)(H,28,29)/t16-,19-/m0/s1. The number of carbonyl (C=O) groups is 2. The van der Waals surface area contributed by atoms with E-state index in [0.29, 0.717) is 22.2 Å². The van der Waals surface area contributed by atoms with Crippen molar-refractivity contribution in [2.24, 2.45) is 5.73 Å². The fourth-order valence-electron chi connectivity index (χ4n) is 3.57. The van der Waals surface area contributed by atoms with Gasteiger partial charge in [-0.2, -0.15) is 0 Å². The Labute approximate surface area is 178 Å². The van der Waals surface area contributed by atoms with Crippen LogP contribution < -0.4 is 16.2 Å². The van der Waals surface area contributed by atoms with E-state index < -0.39 is 12.0 Å². The first kappa shape index (κ1) is 20.8. The van der Waals surface area contributed by atoms with Crippen LogP contribution in [0.25, 0.3) is 0 Å². The van der Waals surface area contributed by atoms with Gasteiger partial charge in [-0.1, -0.05) is 53.4 Å². The summed E-state index contributed by atoms with van der Waals surface area (Å²) in [4.78, 5) is 23.7. The molecule has 150 valence electrons. The normalized spacial score (nSPS) is 17.7. The van der Waals surface area contributed by atoms with Crippen molar-refractivity contribution in [3.05, 3.63) is 63.1 Å². The number of aliphatic carboxylic acids is 1. The third-order valence-corrected chi connectivity index (χ3v) is 5.32. The molecule has 1 heterocycles. The minimum atomic E-state index is -1.06. The molecule has 0 aromatic heterocycles. The van der Waals surface area contributed by atoms with E-state index in [1.165, 1.54) is 11.9 Å². The predicted octanol–water partition coefficient (Wildman–Crippen LogP) is 3.30. The molecule has 0 bridgehead atoms. The van der Waals surface area contributed by atoms with E-state index in [1.54, 1.807) is 12.1 Å². The highest BCUT2D eigenvalue weighted by Gasteiger charge is 2.39. The van der Waals surface area contributed by atoms with E-state index in [1.807, 2.05) is 24.3 Å². The Kier molecular flexibility index (Phi) is 6.21. The average Bonchev–Trinajstić information content (AvgIpc) is 2.66. The van der Waals surface area contributed by atoms with Gasteiger partial charge in [-0.05, 0) is 29.7 Å². The number of carboxylic acid groups (broad SMARTS) is 1. The SMILES string of the molecule is CC(=O)NN1c2cc(Cl)cc(Cl)c2[C@H](c2ccc(CC#CN)cc2)C[C@H]1C(=O)O. The summed E-state index contributed by atoms with van der Waals surface area (Å²) < 4.78 is 0. The molecule has 2 atom stereocenters. The lowest BCUT2D eigenvalue weighted by Crippen LogP contribution is -2.54. The zero-order valence-corrected chi connectivity index (χ0v) is 17.1. The van der Waals surface area contributed by atoms with Crippen LogP contribution >= 0.6 is 23.2 Å². The average molecular weight is 432 g/mol. The Morgan fingerprint density at radius 1 is 1.28 bits per heavy atom. The van der Waals surface area contributed by atoms with Gasteiger partial charge in [-0.15, -0.1) is 0 Å². The number of amides is 1. The molecule has 0 radical (unpaired) electrons. The highest BCUT2D eigenvalue weighted by molar-refractivity contribution is 6.35. The van der Waals surface area contributed by atoms with Crippen molar-refractivity contribution in [1.82, 2.24) is 5.43 Å². The van der Waals surface area contributed by atoms with E-state index >= 15 is 0 Å². The van der Waals surface area contributed by atoms with Crippen LogP contribution in [0.5, 0.6) is 0 Å². The first-order chi connectivity index (χ1) is 13.8. The van der Waals surface area contributed by atoms with Gasteiger partial charge < -0.3 is 10.8 Å². The fourth-order valence-corrected chi connectivity index (χ4v) is 4.19. The van der Waals surface area contributed by atoms with E-state index in [-0.39, 0.29) is 18.2 Å². The molecular weight excluding hydrogens is 413 g/mol. The minimum absolute atomic E-state index is 0.228. The van der Waals surface area contributed by atoms with Crippen molar-refractivity contribution in [2.75, 3.05) is 5.01 Å². The summed E-state index contributed by atoms with van der Waals surface area (Å²) in [6.45, 7) is 1.32.